The minimum absolute atomic E-state index is 0.0834. The van der Waals surface area contributed by atoms with Gasteiger partial charge in [-0.15, -0.1) is 0 Å². The fourth-order valence-electron chi connectivity index (χ4n) is 1.79. The second-order valence-corrected chi connectivity index (χ2v) is 4.17. The van der Waals surface area contributed by atoms with Crippen molar-refractivity contribution >= 4 is 22.8 Å². The third-order valence-electron chi connectivity index (χ3n) is 2.82. The molecule has 0 saturated heterocycles. The van der Waals surface area contributed by atoms with Crippen LogP contribution in [0.1, 0.15) is 16.9 Å². The summed E-state index contributed by atoms with van der Waals surface area (Å²) in [6.45, 7) is 0.153. The van der Waals surface area contributed by atoms with Gasteiger partial charge in [0.2, 0.25) is 0 Å². The number of fused-ring (bicyclic) bond motifs is 1. The van der Waals surface area contributed by atoms with E-state index in [0.717, 1.165) is 0 Å². The summed E-state index contributed by atoms with van der Waals surface area (Å²) < 4.78 is 4.47. The van der Waals surface area contributed by atoms with Crippen LogP contribution in [0, 0.1) is 0 Å². The Morgan fingerprint density at radius 3 is 2.80 bits per heavy atom. The summed E-state index contributed by atoms with van der Waals surface area (Å²) in [5.74, 6) is -0.839. The number of rotatable bonds is 4. The van der Waals surface area contributed by atoms with Gasteiger partial charge in [0.15, 0.2) is 5.43 Å². The number of carbonyl (C=O) groups excluding carboxylic acids is 2. The maximum absolute atomic E-state index is 11.9. The molecule has 2 rings (SSSR count). The maximum atomic E-state index is 11.9. The zero-order chi connectivity index (χ0) is 14.5. The highest BCUT2D eigenvalue weighted by molar-refractivity contribution is 5.94. The Labute approximate surface area is 114 Å². The molecule has 0 aliphatic rings. The molecule has 2 N–H and O–H groups in total. The zero-order valence-electron chi connectivity index (χ0n) is 10.9. The molecule has 0 radical (unpaired) electrons. The first-order valence-electron chi connectivity index (χ1n) is 6.09. The van der Waals surface area contributed by atoms with Crippen molar-refractivity contribution in [1.82, 2.24) is 10.3 Å². The van der Waals surface area contributed by atoms with Crippen molar-refractivity contribution in [3.63, 3.8) is 0 Å². The summed E-state index contributed by atoms with van der Waals surface area (Å²) in [5.41, 5.74) is 0.536. The summed E-state index contributed by atoms with van der Waals surface area (Å²) in [5, 5.41) is 3.07. The van der Waals surface area contributed by atoms with Gasteiger partial charge in [0.1, 0.15) is 5.69 Å². The van der Waals surface area contributed by atoms with Crippen LogP contribution in [0.15, 0.2) is 35.1 Å². The van der Waals surface area contributed by atoms with Crippen molar-refractivity contribution in [2.75, 3.05) is 13.7 Å². The molecule has 104 valence electrons. The molecule has 6 heteroatoms. The summed E-state index contributed by atoms with van der Waals surface area (Å²) in [4.78, 5) is 37.6. The van der Waals surface area contributed by atoms with E-state index in [0.29, 0.717) is 10.9 Å². The predicted octanol–water partition coefficient (Wildman–Crippen LogP) is 0.821. The molecule has 6 nitrogen and oxygen atoms in total. The minimum atomic E-state index is -0.434. The number of aromatic amines is 1. The number of amides is 1. The van der Waals surface area contributed by atoms with Crippen molar-refractivity contribution in [2.24, 2.45) is 0 Å². The quantitative estimate of drug-likeness (QED) is 0.808. The SMILES string of the molecule is COC(=O)CCNC(=O)c1cc(=O)c2ccccc2[nH]1. The number of aromatic nitrogens is 1. The molecular weight excluding hydrogens is 260 g/mol. The van der Waals surface area contributed by atoms with E-state index in [9.17, 15) is 14.4 Å². The fraction of sp³-hybridized carbons (Fsp3) is 0.214. The minimum Gasteiger partial charge on any atom is -0.469 e. The Morgan fingerprint density at radius 1 is 1.30 bits per heavy atom. The lowest BCUT2D eigenvalue weighted by atomic mass is 10.2. The molecule has 0 fully saturated rings. The Balaban J connectivity index is 2.14. The van der Waals surface area contributed by atoms with E-state index in [-0.39, 0.29) is 24.1 Å². The van der Waals surface area contributed by atoms with Gasteiger partial charge in [0.25, 0.3) is 5.91 Å². The average molecular weight is 274 g/mol. The molecule has 20 heavy (non-hydrogen) atoms. The number of esters is 1. The fourth-order valence-corrected chi connectivity index (χ4v) is 1.79. The second-order valence-electron chi connectivity index (χ2n) is 4.17. The standard InChI is InChI=1S/C14H14N2O4/c1-20-13(18)6-7-15-14(19)11-8-12(17)9-4-2-3-5-10(9)16-11/h2-5,8H,6-7H2,1H3,(H,15,19)(H,16,17). The Hall–Kier alpha value is -2.63. The summed E-state index contributed by atoms with van der Waals surface area (Å²) in [6.07, 6.45) is 0.0834. The normalized spacial score (nSPS) is 10.2. The Kier molecular flexibility index (Phi) is 4.14. The highest BCUT2D eigenvalue weighted by Crippen LogP contribution is 2.07. The van der Waals surface area contributed by atoms with Gasteiger partial charge in [-0.25, -0.2) is 0 Å². The molecule has 1 amide bonds. The number of methoxy groups -OCH3 is 1. The molecule has 0 saturated carbocycles. The molecule has 0 aliphatic carbocycles. The molecule has 1 aromatic carbocycles. The van der Waals surface area contributed by atoms with Crippen molar-refractivity contribution in [2.45, 2.75) is 6.42 Å². The maximum Gasteiger partial charge on any atom is 0.307 e. The number of para-hydroxylation sites is 1. The number of benzene rings is 1. The number of H-pyrrole nitrogens is 1. The van der Waals surface area contributed by atoms with Gasteiger partial charge in [-0.2, -0.15) is 0 Å². The first-order chi connectivity index (χ1) is 9.61. The number of hydrogen-bond donors (Lipinski definition) is 2. The lowest BCUT2D eigenvalue weighted by Crippen LogP contribution is -2.28. The first-order valence-corrected chi connectivity index (χ1v) is 6.09. The van der Waals surface area contributed by atoms with E-state index in [4.69, 9.17) is 0 Å². The Bertz CT molecular complexity index is 706. The van der Waals surface area contributed by atoms with Crippen molar-refractivity contribution < 1.29 is 14.3 Å². The summed E-state index contributed by atoms with van der Waals surface area (Å²) in [7, 11) is 1.28. The lowest BCUT2D eigenvalue weighted by molar-refractivity contribution is -0.140. The van der Waals surface area contributed by atoms with Crippen LogP contribution in [0.2, 0.25) is 0 Å². The van der Waals surface area contributed by atoms with Crippen molar-refractivity contribution in [1.29, 1.82) is 0 Å². The number of pyridine rings is 1. The van der Waals surface area contributed by atoms with E-state index in [2.05, 4.69) is 15.0 Å². The number of hydrogen-bond acceptors (Lipinski definition) is 4. The molecule has 0 unspecified atom stereocenters. The van der Waals surface area contributed by atoms with Gasteiger partial charge in [-0.05, 0) is 12.1 Å². The molecule has 2 aromatic rings. The zero-order valence-corrected chi connectivity index (χ0v) is 10.9. The van der Waals surface area contributed by atoms with E-state index in [1.54, 1.807) is 24.3 Å². The molecule has 1 heterocycles. The monoisotopic (exact) mass is 274 g/mol. The topological polar surface area (TPSA) is 88.3 Å². The van der Waals surface area contributed by atoms with Crippen LogP contribution in [0.3, 0.4) is 0 Å². The van der Waals surface area contributed by atoms with Gasteiger partial charge in [-0.1, -0.05) is 12.1 Å². The van der Waals surface area contributed by atoms with E-state index in [1.807, 2.05) is 0 Å². The highest BCUT2D eigenvalue weighted by Gasteiger charge is 2.09. The van der Waals surface area contributed by atoms with Crippen LogP contribution in [0.25, 0.3) is 10.9 Å². The third-order valence-corrected chi connectivity index (χ3v) is 2.82. The van der Waals surface area contributed by atoms with Crippen LogP contribution in [0.4, 0.5) is 0 Å². The molecular formula is C14H14N2O4. The van der Waals surface area contributed by atoms with Crippen molar-refractivity contribution in [3.8, 4) is 0 Å². The smallest absolute Gasteiger partial charge is 0.307 e. The second kappa shape index (κ2) is 6.01. The van der Waals surface area contributed by atoms with E-state index >= 15 is 0 Å². The van der Waals surface area contributed by atoms with E-state index in [1.165, 1.54) is 13.2 Å². The number of ether oxygens (including phenoxy) is 1. The molecule has 0 bridgehead atoms. The summed E-state index contributed by atoms with van der Waals surface area (Å²) >= 11 is 0. The van der Waals surface area contributed by atoms with Gasteiger partial charge < -0.3 is 15.0 Å². The Morgan fingerprint density at radius 2 is 2.05 bits per heavy atom. The number of nitrogens with one attached hydrogen (secondary N) is 2. The number of carbonyl (C=O) groups is 2. The van der Waals surface area contributed by atoms with Gasteiger partial charge in [0.05, 0.1) is 13.5 Å². The van der Waals surface area contributed by atoms with Gasteiger partial charge in [0, 0.05) is 23.5 Å². The van der Waals surface area contributed by atoms with Crippen LogP contribution >= 0.6 is 0 Å². The molecule has 1 aromatic heterocycles. The van der Waals surface area contributed by atoms with E-state index < -0.39 is 11.9 Å². The van der Waals surface area contributed by atoms with Gasteiger partial charge in [-0.3, -0.25) is 14.4 Å². The summed E-state index contributed by atoms with van der Waals surface area (Å²) in [6, 6.07) is 8.19. The van der Waals surface area contributed by atoms with Crippen LogP contribution in [-0.4, -0.2) is 30.5 Å². The highest BCUT2D eigenvalue weighted by atomic mass is 16.5. The molecule has 0 atom stereocenters. The van der Waals surface area contributed by atoms with Crippen LogP contribution in [-0.2, 0) is 9.53 Å². The van der Waals surface area contributed by atoms with Crippen molar-refractivity contribution in [3.05, 3.63) is 46.2 Å². The molecule has 0 aliphatic heterocycles. The van der Waals surface area contributed by atoms with Gasteiger partial charge >= 0.3 is 5.97 Å². The third kappa shape index (κ3) is 3.03. The first kappa shape index (κ1) is 13.8. The molecule has 0 spiro atoms. The largest absolute Gasteiger partial charge is 0.469 e. The van der Waals surface area contributed by atoms with Crippen LogP contribution < -0.4 is 10.7 Å². The predicted molar refractivity (Wildman–Crippen MR) is 73.5 cm³/mol. The average Bonchev–Trinajstić information content (AvgIpc) is 2.46. The lowest BCUT2D eigenvalue weighted by Gasteiger charge is -2.05. The van der Waals surface area contributed by atoms with Crippen LogP contribution in [0.5, 0.6) is 0 Å².